The van der Waals surface area contributed by atoms with Gasteiger partial charge in [-0.1, -0.05) is 39.3 Å². The molecule has 0 aromatic heterocycles. The van der Waals surface area contributed by atoms with Gasteiger partial charge in [-0.05, 0) is 60.3 Å². The molecule has 0 aliphatic carbocycles. The van der Waals surface area contributed by atoms with Crippen LogP contribution in [0.25, 0.3) is 6.08 Å². The molecule has 1 aliphatic rings. The monoisotopic (exact) mass is 498 g/mol. The Hall–Kier alpha value is -2.07. The molecule has 2 aromatic carbocycles. The summed E-state index contributed by atoms with van der Waals surface area (Å²) in [5, 5.41) is 11.3. The maximum absolute atomic E-state index is 12.7. The molecule has 1 saturated heterocycles. The molecule has 0 unspecified atom stereocenters. The van der Waals surface area contributed by atoms with Gasteiger partial charge in [0.2, 0.25) is 0 Å². The lowest BCUT2D eigenvalue weighted by atomic mass is 10.2. The van der Waals surface area contributed by atoms with Gasteiger partial charge in [0.1, 0.15) is 0 Å². The van der Waals surface area contributed by atoms with Crippen LogP contribution >= 0.6 is 51.5 Å². The SMILES string of the molecule is COc1cc(/C=C2\SC(=S)N(NC(=O)c3ccc(Cl)cc3)C2=O)c(Br)cc1O. The lowest BCUT2D eigenvalue weighted by Gasteiger charge is -2.15. The van der Waals surface area contributed by atoms with Crippen molar-refractivity contribution in [1.29, 1.82) is 0 Å². The van der Waals surface area contributed by atoms with Gasteiger partial charge >= 0.3 is 0 Å². The minimum atomic E-state index is -0.485. The van der Waals surface area contributed by atoms with Gasteiger partial charge in [0, 0.05) is 15.1 Å². The lowest BCUT2D eigenvalue weighted by molar-refractivity contribution is -0.123. The van der Waals surface area contributed by atoms with Crippen LogP contribution in [0, 0.1) is 0 Å². The predicted molar refractivity (Wildman–Crippen MR) is 116 cm³/mol. The number of ether oxygens (including phenoxy) is 1. The van der Waals surface area contributed by atoms with E-state index in [1.165, 1.54) is 13.2 Å². The van der Waals surface area contributed by atoms with Gasteiger partial charge in [-0.25, -0.2) is 0 Å². The van der Waals surface area contributed by atoms with Gasteiger partial charge < -0.3 is 9.84 Å². The normalized spacial score (nSPS) is 15.2. The Morgan fingerprint density at radius 3 is 2.68 bits per heavy atom. The number of carbonyl (C=O) groups excluding carboxylic acids is 2. The van der Waals surface area contributed by atoms with Crippen molar-refractivity contribution in [3.8, 4) is 11.5 Å². The van der Waals surface area contributed by atoms with E-state index in [-0.39, 0.29) is 15.8 Å². The fourth-order valence-electron chi connectivity index (χ4n) is 2.31. The number of halogens is 2. The zero-order valence-corrected chi connectivity index (χ0v) is 18.2. The van der Waals surface area contributed by atoms with Gasteiger partial charge in [-0.15, -0.1) is 0 Å². The molecule has 0 spiro atoms. The third-order valence-corrected chi connectivity index (χ3v) is 5.94. The molecule has 2 aromatic rings. The van der Waals surface area contributed by atoms with Crippen LogP contribution in [0.15, 0.2) is 45.8 Å². The summed E-state index contributed by atoms with van der Waals surface area (Å²) in [6, 6.07) is 9.30. The first-order valence-corrected chi connectivity index (χ1v) is 10.1. The molecule has 3 rings (SSSR count). The summed E-state index contributed by atoms with van der Waals surface area (Å²) < 4.78 is 5.86. The molecular formula is C18H12BrClN2O4S2. The second kappa shape index (κ2) is 8.52. The molecule has 1 heterocycles. The third kappa shape index (κ3) is 4.33. The summed E-state index contributed by atoms with van der Waals surface area (Å²) >= 11 is 15.4. The van der Waals surface area contributed by atoms with Crippen LogP contribution in [0.1, 0.15) is 15.9 Å². The van der Waals surface area contributed by atoms with Crippen molar-refractivity contribution in [2.75, 3.05) is 7.11 Å². The molecular weight excluding hydrogens is 488 g/mol. The summed E-state index contributed by atoms with van der Waals surface area (Å²) in [6.07, 6.45) is 1.60. The summed E-state index contributed by atoms with van der Waals surface area (Å²) in [5.74, 6) is -0.715. The van der Waals surface area contributed by atoms with Gasteiger partial charge in [0.25, 0.3) is 11.8 Å². The van der Waals surface area contributed by atoms with Crippen molar-refractivity contribution < 1.29 is 19.4 Å². The Morgan fingerprint density at radius 2 is 2.04 bits per heavy atom. The van der Waals surface area contributed by atoms with Gasteiger partial charge in [0.05, 0.1) is 12.0 Å². The molecule has 10 heteroatoms. The maximum Gasteiger partial charge on any atom is 0.285 e. The van der Waals surface area contributed by atoms with E-state index in [4.69, 9.17) is 28.6 Å². The smallest absolute Gasteiger partial charge is 0.285 e. The van der Waals surface area contributed by atoms with Crippen LogP contribution in [-0.2, 0) is 4.79 Å². The van der Waals surface area contributed by atoms with Crippen LogP contribution in [0.5, 0.6) is 11.5 Å². The van der Waals surface area contributed by atoms with Crippen molar-refractivity contribution in [1.82, 2.24) is 10.4 Å². The first-order valence-electron chi connectivity index (χ1n) is 7.71. The van der Waals surface area contributed by atoms with Crippen molar-refractivity contribution in [2.24, 2.45) is 0 Å². The fraction of sp³-hybridized carbons (Fsp3) is 0.0556. The Kier molecular flexibility index (Phi) is 6.29. The zero-order valence-electron chi connectivity index (χ0n) is 14.2. The standard InChI is InChI=1S/C18H12BrClN2O4S2/c1-26-14-6-10(12(19)8-13(14)23)7-15-17(25)22(18(27)28-15)21-16(24)9-2-4-11(20)5-3-9/h2-8,23H,1H3,(H,21,24)/b15-7-. The number of amides is 2. The second-order valence-corrected chi connectivity index (χ2v) is 8.48. The molecule has 0 atom stereocenters. The molecule has 28 heavy (non-hydrogen) atoms. The molecule has 1 fully saturated rings. The molecule has 0 saturated carbocycles. The number of hydrazine groups is 1. The number of nitrogens with zero attached hydrogens (tertiary/aromatic N) is 1. The molecule has 2 N–H and O–H groups in total. The molecule has 0 radical (unpaired) electrons. The Balaban J connectivity index is 1.83. The number of hydrogen-bond acceptors (Lipinski definition) is 6. The summed E-state index contributed by atoms with van der Waals surface area (Å²) in [7, 11) is 1.43. The zero-order chi connectivity index (χ0) is 20.4. The number of methoxy groups -OCH3 is 1. The Labute approximate surface area is 183 Å². The van der Waals surface area contributed by atoms with E-state index >= 15 is 0 Å². The number of aromatic hydroxyl groups is 1. The Morgan fingerprint density at radius 1 is 1.36 bits per heavy atom. The van der Waals surface area contributed by atoms with Gasteiger partial charge in [-0.3, -0.25) is 15.0 Å². The Bertz CT molecular complexity index is 1010. The topological polar surface area (TPSA) is 78.9 Å². The summed E-state index contributed by atoms with van der Waals surface area (Å²) in [5.41, 5.74) is 3.45. The lowest BCUT2D eigenvalue weighted by Crippen LogP contribution is -2.44. The number of carbonyl (C=O) groups is 2. The highest BCUT2D eigenvalue weighted by Crippen LogP contribution is 2.37. The van der Waals surface area contributed by atoms with E-state index < -0.39 is 11.8 Å². The van der Waals surface area contributed by atoms with Crippen molar-refractivity contribution in [2.45, 2.75) is 0 Å². The van der Waals surface area contributed by atoms with E-state index in [0.29, 0.717) is 25.5 Å². The average molecular weight is 500 g/mol. The van der Waals surface area contributed by atoms with Crippen LogP contribution in [0.3, 0.4) is 0 Å². The first kappa shape index (κ1) is 20.7. The van der Waals surface area contributed by atoms with Crippen molar-refractivity contribution in [3.63, 3.8) is 0 Å². The minimum absolute atomic E-state index is 0.0331. The van der Waals surface area contributed by atoms with Crippen LogP contribution in [0.4, 0.5) is 0 Å². The van der Waals surface area contributed by atoms with Crippen molar-refractivity contribution in [3.05, 3.63) is 61.9 Å². The fourth-order valence-corrected chi connectivity index (χ4v) is 4.05. The van der Waals surface area contributed by atoms with E-state index in [1.54, 1.807) is 36.4 Å². The number of benzene rings is 2. The van der Waals surface area contributed by atoms with E-state index in [2.05, 4.69) is 21.4 Å². The highest BCUT2D eigenvalue weighted by atomic mass is 79.9. The average Bonchev–Trinajstić information content (AvgIpc) is 2.91. The number of hydrogen-bond donors (Lipinski definition) is 2. The summed E-state index contributed by atoms with van der Waals surface area (Å²) in [4.78, 5) is 25.4. The first-order chi connectivity index (χ1) is 13.3. The number of nitrogens with one attached hydrogen (secondary N) is 1. The van der Waals surface area contributed by atoms with E-state index in [1.807, 2.05) is 0 Å². The third-order valence-electron chi connectivity index (χ3n) is 3.70. The second-order valence-electron chi connectivity index (χ2n) is 5.51. The highest BCUT2D eigenvalue weighted by Gasteiger charge is 2.34. The van der Waals surface area contributed by atoms with Gasteiger partial charge in [0.15, 0.2) is 15.8 Å². The molecule has 144 valence electrons. The number of rotatable bonds is 4. The van der Waals surface area contributed by atoms with E-state index in [0.717, 1.165) is 16.8 Å². The van der Waals surface area contributed by atoms with Crippen molar-refractivity contribution >= 4 is 73.7 Å². The van der Waals surface area contributed by atoms with E-state index in [9.17, 15) is 14.7 Å². The predicted octanol–water partition coefficient (Wildman–Crippen LogP) is 4.36. The summed E-state index contributed by atoms with van der Waals surface area (Å²) in [6.45, 7) is 0. The number of thioether (sulfide) groups is 1. The van der Waals surface area contributed by atoms with Crippen LogP contribution in [0.2, 0.25) is 5.02 Å². The molecule has 2 amide bonds. The number of thiocarbonyl (C=S) groups is 1. The minimum Gasteiger partial charge on any atom is -0.504 e. The number of phenolic OH excluding ortho intramolecular Hbond substituents is 1. The maximum atomic E-state index is 12.7. The van der Waals surface area contributed by atoms with Crippen LogP contribution < -0.4 is 10.2 Å². The van der Waals surface area contributed by atoms with Crippen LogP contribution in [-0.4, -0.2) is 33.4 Å². The highest BCUT2D eigenvalue weighted by molar-refractivity contribution is 9.10. The van der Waals surface area contributed by atoms with Gasteiger partial charge in [-0.2, -0.15) is 5.01 Å². The molecule has 1 aliphatic heterocycles. The molecule has 6 nitrogen and oxygen atoms in total. The molecule has 0 bridgehead atoms. The number of phenols is 1. The largest absolute Gasteiger partial charge is 0.504 e. The quantitative estimate of drug-likeness (QED) is 0.481.